The molecule has 0 saturated carbocycles. The lowest BCUT2D eigenvalue weighted by Gasteiger charge is -2.39. The third-order valence-electron chi connectivity index (χ3n) is 19.7. The van der Waals surface area contributed by atoms with Crippen molar-refractivity contribution in [1.29, 1.82) is 15.8 Å². The lowest BCUT2D eigenvalue weighted by molar-refractivity contribution is 0.739. The van der Waals surface area contributed by atoms with E-state index in [1.807, 2.05) is 0 Å². The van der Waals surface area contributed by atoms with Crippen LogP contribution in [-0.2, 0) is 29.1 Å². The van der Waals surface area contributed by atoms with E-state index in [0.717, 1.165) is 114 Å². The van der Waals surface area contributed by atoms with Gasteiger partial charge in [-0.1, -0.05) is 280 Å². The van der Waals surface area contributed by atoms with Crippen LogP contribution in [0.1, 0.15) is 168 Å². The zero-order valence-electron chi connectivity index (χ0n) is 63.5. The van der Waals surface area contributed by atoms with Crippen LogP contribution in [0.25, 0.3) is 0 Å². The summed E-state index contributed by atoms with van der Waals surface area (Å²) in [5.41, 5.74) is 70.5. The quantitative estimate of drug-likeness (QED) is 0.0449. The molecule has 0 aromatic heterocycles. The molecule has 104 heavy (non-hydrogen) atoms. The standard InChI is InChI=1S/C31H34N2.2C29H30N2.3C2H3N/c1-5-23-19-27(17-21(3)29(23)32)31(25-13-9-7-10-14-25,26-15-11-8-12-16-26)28-18-22(4)30(33)24(6-2)20-28;1-19-15-25(16-20(2)27(19)30)29(23-11-7-5-8-12-23,24-13-9-6-10-14-24)26-17-21(3)28(31)22(4)18-26;1-19-15-21(3)27(30)25(17-19)29(23-11-7-5-8-12-23,24-13-9-6-10-14-24)26-18-20(2)16-22(4)28(26)31;3*1-2-3/h7-20H,5-6,32-33H2,1-4H3;2*5-18H,30-31H2,1-4H3;3*1H3. The minimum Gasteiger partial charge on any atom is -0.398 e. The maximum Gasteiger partial charge on any atom is 0.0741 e. The number of hydrogen-bond donors (Lipinski definition) is 6. The van der Waals surface area contributed by atoms with E-state index in [9.17, 15) is 0 Å². The first-order valence-electron chi connectivity index (χ1n) is 35.4. The Labute approximate surface area is 620 Å². The van der Waals surface area contributed by atoms with Gasteiger partial charge in [-0.2, -0.15) is 15.8 Å². The summed E-state index contributed by atoms with van der Waals surface area (Å²) in [6, 6.07) is 96.3. The van der Waals surface area contributed by atoms with Crippen molar-refractivity contribution in [3.8, 4) is 18.2 Å². The van der Waals surface area contributed by atoms with E-state index in [1.54, 1.807) is 18.2 Å². The molecule has 12 rings (SSSR count). The largest absolute Gasteiger partial charge is 0.398 e. The Morgan fingerprint density at radius 3 is 0.635 bits per heavy atom. The highest BCUT2D eigenvalue weighted by Gasteiger charge is 2.44. The van der Waals surface area contributed by atoms with Crippen molar-refractivity contribution in [2.45, 2.75) is 133 Å². The highest BCUT2D eigenvalue weighted by molar-refractivity contribution is 5.76. The Morgan fingerprint density at radius 2 is 0.423 bits per heavy atom. The predicted octanol–water partition coefficient (Wildman–Crippen LogP) is 21.5. The molecule has 0 spiro atoms. The average molecular weight is 1370 g/mol. The summed E-state index contributed by atoms with van der Waals surface area (Å²) >= 11 is 0. The number of nitrogens with zero attached hydrogens (tertiary/aromatic N) is 3. The highest BCUT2D eigenvalue weighted by Crippen LogP contribution is 2.52. The average Bonchev–Trinajstić information content (AvgIpc) is 0.730. The number of nitrogens with two attached hydrogens (primary N) is 6. The second kappa shape index (κ2) is 36.0. The van der Waals surface area contributed by atoms with Gasteiger partial charge in [0.25, 0.3) is 0 Å². The molecule has 528 valence electrons. The van der Waals surface area contributed by atoms with Crippen LogP contribution in [0.3, 0.4) is 0 Å². The Bertz CT molecular complexity index is 4610. The number of benzene rings is 12. The van der Waals surface area contributed by atoms with E-state index in [4.69, 9.17) is 50.2 Å². The van der Waals surface area contributed by atoms with E-state index in [-0.39, 0.29) is 0 Å². The van der Waals surface area contributed by atoms with Gasteiger partial charge in [-0.25, -0.2) is 0 Å². The van der Waals surface area contributed by atoms with Crippen molar-refractivity contribution in [2.75, 3.05) is 34.4 Å². The van der Waals surface area contributed by atoms with Gasteiger partial charge in [-0.3, -0.25) is 0 Å². The molecule has 0 heterocycles. The number of anilines is 6. The first-order valence-corrected chi connectivity index (χ1v) is 35.4. The Hall–Kier alpha value is -12.1. The van der Waals surface area contributed by atoms with Crippen LogP contribution in [0.2, 0.25) is 0 Å². The summed E-state index contributed by atoms with van der Waals surface area (Å²) in [4.78, 5) is 0. The van der Waals surface area contributed by atoms with Crippen molar-refractivity contribution in [3.05, 3.63) is 388 Å². The molecule has 0 saturated heterocycles. The maximum absolute atomic E-state index is 7.32. The van der Waals surface area contributed by atoms with Crippen molar-refractivity contribution < 1.29 is 0 Å². The van der Waals surface area contributed by atoms with Gasteiger partial charge >= 0.3 is 0 Å². The summed E-state index contributed by atoms with van der Waals surface area (Å²) in [5, 5.41) is 22.0. The summed E-state index contributed by atoms with van der Waals surface area (Å²) in [6.07, 6.45) is 1.78. The van der Waals surface area contributed by atoms with E-state index >= 15 is 0 Å². The predicted molar refractivity (Wildman–Crippen MR) is 441 cm³/mol. The topological polar surface area (TPSA) is 227 Å². The zero-order chi connectivity index (χ0) is 76.1. The molecule has 0 amide bonds. The minimum atomic E-state index is -0.635. The zero-order valence-corrected chi connectivity index (χ0v) is 63.5. The second-order valence-corrected chi connectivity index (χ2v) is 26.7. The number of nitriles is 3. The van der Waals surface area contributed by atoms with Gasteiger partial charge in [0, 0.05) is 54.9 Å². The number of rotatable bonds is 14. The lowest BCUT2D eigenvalue weighted by atomic mass is 9.63. The fourth-order valence-electron chi connectivity index (χ4n) is 14.8. The Morgan fingerprint density at radius 1 is 0.240 bits per heavy atom. The molecule has 12 N–H and O–H groups in total. The molecule has 12 aromatic rings. The molecular weight excluding hydrogens is 1270 g/mol. The van der Waals surface area contributed by atoms with Crippen LogP contribution in [0.4, 0.5) is 34.1 Å². The molecule has 0 fully saturated rings. The van der Waals surface area contributed by atoms with E-state index in [0.29, 0.717) is 0 Å². The van der Waals surface area contributed by atoms with Gasteiger partial charge in [0.1, 0.15) is 0 Å². The van der Waals surface area contributed by atoms with Crippen LogP contribution < -0.4 is 34.4 Å². The van der Waals surface area contributed by atoms with E-state index < -0.39 is 16.2 Å². The summed E-state index contributed by atoms with van der Waals surface area (Å²) < 4.78 is 0. The van der Waals surface area contributed by atoms with Crippen molar-refractivity contribution >= 4 is 34.1 Å². The Balaban J connectivity index is 0.000000206. The highest BCUT2D eigenvalue weighted by atomic mass is 14.6. The van der Waals surface area contributed by atoms with Crippen molar-refractivity contribution in [2.24, 2.45) is 0 Å². The van der Waals surface area contributed by atoms with E-state index in [2.05, 4.69) is 338 Å². The third-order valence-corrected chi connectivity index (χ3v) is 19.7. The van der Waals surface area contributed by atoms with Gasteiger partial charge in [0.15, 0.2) is 0 Å². The molecule has 0 atom stereocenters. The van der Waals surface area contributed by atoms with Gasteiger partial charge in [0.2, 0.25) is 0 Å². The summed E-state index contributed by atoms with van der Waals surface area (Å²) in [7, 11) is 0. The molecule has 9 heteroatoms. The number of aryl methyl sites for hydroxylation is 12. The fraction of sp³-hybridized carbons (Fsp3) is 0.211. The van der Waals surface area contributed by atoms with Gasteiger partial charge < -0.3 is 34.4 Å². The Kier molecular flexibility index (Phi) is 27.4. The minimum absolute atomic E-state index is 0.491. The molecule has 0 aliphatic rings. The molecule has 0 unspecified atom stereocenters. The molecule has 0 aliphatic heterocycles. The maximum atomic E-state index is 7.32. The molecule has 0 aliphatic carbocycles. The van der Waals surface area contributed by atoms with Crippen LogP contribution >= 0.6 is 0 Å². The van der Waals surface area contributed by atoms with Crippen LogP contribution in [0.15, 0.2) is 255 Å². The van der Waals surface area contributed by atoms with Gasteiger partial charge in [-0.05, 0) is 204 Å². The fourth-order valence-corrected chi connectivity index (χ4v) is 14.8. The van der Waals surface area contributed by atoms with Crippen LogP contribution in [-0.4, -0.2) is 0 Å². The first kappa shape index (κ1) is 79.2. The number of nitrogen functional groups attached to an aromatic ring is 6. The molecular formula is C95H103N9. The van der Waals surface area contributed by atoms with E-state index in [1.165, 1.54) is 87.5 Å². The first-order chi connectivity index (χ1) is 49.9. The van der Waals surface area contributed by atoms with Crippen molar-refractivity contribution in [1.82, 2.24) is 0 Å². The number of hydrogen-bond acceptors (Lipinski definition) is 9. The SMILES string of the molecule is CC#N.CC#N.CC#N.CCc1cc(C(c2ccccc2)(c2ccccc2)c2cc(C)c(N)c(CC)c2)cc(C)c1N.Cc1cc(C(c2ccccc2)(c2ccccc2)c2cc(C)c(N)c(C)c2)cc(C)c1N.Cc1cc(C)c(N)c(C(c2ccccc2)(c2ccccc2)c2cc(C)cc(C)c2N)c1. The van der Waals surface area contributed by atoms with Crippen LogP contribution in [0, 0.1) is 103 Å². The smallest absolute Gasteiger partial charge is 0.0741 e. The molecule has 0 radical (unpaired) electrons. The summed E-state index contributed by atoms with van der Waals surface area (Å²) in [5.74, 6) is 0. The monoisotopic (exact) mass is 1370 g/mol. The molecule has 9 nitrogen and oxygen atoms in total. The molecule has 12 aromatic carbocycles. The third kappa shape index (κ3) is 16.4. The van der Waals surface area contributed by atoms with Gasteiger partial charge in [0.05, 0.1) is 34.5 Å². The lowest BCUT2D eigenvalue weighted by Crippen LogP contribution is -2.33. The van der Waals surface area contributed by atoms with Gasteiger partial charge in [-0.15, -0.1) is 0 Å². The van der Waals surface area contributed by atoms with Crippen molar-refractivity contribution in [3.63, 3.8) is 0 Å². The second-order valence-electron chi connectivity index (χ2n) is 26.7. The summed E-state index contributed by atoms with van der Waals surface area (Å²) in [6.45, 7) is 29.6. The normalized spacial score (nSPS) is 10.7. The molecule has 0 bridgehead atoms. The van der Waals surface area contributed by atoms with Crippen LogP contribution in [0.5, 0.6) is 0 Å².